The van der Waals surface area contributed by atoms with Crippen molar-refractivity contribution in [3.63, 3.8) is 0 Å². The van der Waals surface area contributed by atoms with Gasteiger partial charge in [0.15, 0.2) is 11.8 Å². The number of likely N-dealkylation sites (tertiary alicyclic amines) is 1. The molecule has 0 aromatic carbocycles. The Kier molecular flexibility index (Phi) is 7.00. The number of aromatic nitrogens is 2. The molecule has 27 heavy (non-hydrogen) atoms. The van der Waals surface area contributed by atoms with Crippen molar-refractivity contribution in [2.45, 2.75) is 45.7 Å². The van der Waals surface area contributed by atoms with Gasteiger partial charge in [0, 0.05) is 26.6 Å². The minimum absolute atomic E-state index is 0. The predicted molar refractivity (Wildman–Crippen MR) is 109 cm³/mol. The van der Waals surface area contributed by atoms with E-state index in [1.54, 1.807) is 13.8 Å². The summed E-state index contributed by atoms with van der Waals surface area (Å²) in [6.07, 6.45) is 1.58. The zero-order chi connectivity index (χ0) is 18.7. The van der Waals surface area contributed by atoms with E-state index in [1.165, 1.54) is 0 Å². The highest BCUT2D eigenvalue weighted by Gasteiger charge is 2.48. The van der Waals surface area contributed by atoms with E-state index < -0.39 is 11.6 Å². The van der Waals surface area contributed by atoms with E-state index in [0.717, 1.165) is 38.4 Å². The van der Waals surface area contributed by atoms with Crippen molar-refractivity contribution in [2.24, 2.45) is 10.9 Å². The molecular weight excluding hydrogens is 465 g/mol. The van der Waals surface area contributed by atoms with Crippen LogP contribution in [0.15, 0.2) is 9.52 Å². The fourth-order valence-corrected chi connectivity index (χ4v) is 3.49. The molecule has 150 valence electrons. The summed E-state index contributed by atoms with van der Waals surface area (Å²) in [6.45, 7) is 8.15. The molecule has 2 saturated heterocycles. The number of piperidine rings is 1. The molecule has 11 heteroatoms. The number of guanidine groups is 1. The van der Waals surface area contributed by atoms with E-state index >= 15 is 0 Å². The lowest BCUT2D eigenvalue weighted by molar-refractivity contribution is -0.125. The van der Waals surface area contributed by atoms with E-state index in [4.69, 9.17) is 4.52 Å². The fourth-order valence-electron chi connectivity index (χ4n) is 3.49. The molecule has 0 spiro atoms. The number of aliphatic imine (C=N–C) groups is 1. The number of imide groups is 1. The van der Waals surface area contributed by atoms with Gasteiger partial charge >= 0.3 is 6.03 Å². The van der Waals surface area contributed by atoms with Crippen LogP contribution in [0.1, 0.15) is 38.4 Å². The SMILES string of the molecule is CCNC(=NCc1noc(C)n1)N1CCC(C2(C)NC(=O)NC2=O)CC1.I. The van der Waals surface area contributed by atoms with Crippen LogP contribution in [0.25, 0.3) is 0 Å². The first-order valence-electron chi connectivity index (χ1n) is 8.88. The minimum atomic E-state index is -0.833. The molecule has 3 heterocycles. The molecular formula is C16H26IN7O3. The van der Waals surface area contributed by atoms with Gasteiger partial charge in [-0.1, -0.05) is 5.16 Å². The lowest BCUT2D eigenvalue weighted by atomic mass is 9.79. The first-order chi connectivity index (χ1) is 12.4. The highest BCUT2D eigenvalue weighted by molar-refractivity contribution is 14.0. The molecule has 1 aromatic heterocycles. The van der Waals surface area contributed by atoms with Crippen LogP contribution in [-0.2, 0) is 11.3 Å². The van der Waals surface area contributed by atoms with Gasteiger partial charge in [0.1, 0.15) is 12.1 Å². The van der Waals surface area contributed by atoms with Crippen molar-refractivity contribution in [1.29, 1.82) is 0 Å². The van der Waals surface area contributed by atoms with Gasteiger partial charge in [0.05, 0.1) is 0 Å². The van der Waals surface area contributed by atoms with Crippen molar-refractivity contribution < 1.29 is 14.1 Å². The molecule has 1 atom stereocenters. The molecule has 1 unspecified atom stereocenters. The maximum absolute atomic E-state index is 12.1. The number of nitrogens with one attached hydrogen (secondary N) is 3. The lowest BCUT2D eigenvalue weighted by Gasteiger charge is -2.39. The van der Waals surface area contributed by atoms with Crippen molar-refractivity contribution in [3.05, 3.63) is 11.7 Å². The molecule has 0 bridgehead atoms. The zero-order valence-corrected chi connectivity index (χ0v) is 18.1. The molecule has 2 fully saturated rings. The summed E-state index contributed by atoms with van der Waals surface area (Å²) in [7, 11) is 0. The number of amides is 3. The van der Waals surface area contributed by atoms with Gasteiger partial charge in [0.2, 0.25) is 5.89 Å². The molecule has 3 amide bonds. The summed E-state index contributed by atoms with van der Waals surface area (Å²) in [4.78, 5) is 34.5. The van der Waals surface area contributed by atoms with E-state index in [2.05, 4.69) is 36.0 Å². The lowest BCUT2D eigenvalue weighted by Crippen LogP contribution is -2.55. The average molecular weight is 491 g/mol. The van der Waals surface area contributed by atoms with Crippen molar-refractivity contribution >= 4 is 41.9 Å². The Morgan fingerprint density at radius 2 is 2.11 bits per heavy atom. The summed E-state index contributed by atoms with van der Waals surface area (Å²) >= 11 is 0. The number of rotatable bonds is 4. The molecule has 0 aliphatic carbocycles. The van der Waals surface area contributed by atoms with Gasteiger partial charge < -0.3 is 20.1 Å². The molecule has 10 nitrogen and oxygen atoms in total. The second kappa shape index (κ2) is 8.85. The number of hydrogen-bond acceptors (Lipinski definition) is 6. The third-order valence-electron chi connectivity index (χ3n) is 4.96. The van der Waals surface area contributed by atoms with E-state index in [1.807, 2.05) is 6.92 Å². The normalized spacial score (nSPS) is 23.7. The van der Waals surface area contributed by atoms with Crippen molar-refractivity contribution in [2.75, 3.05) is 19.6 Å². The van der Waals surface area contributed by atoms with Crippen LogP contribution in [0.3, 0.4) is 0 Å². The van der Waals surface area contributed by atoms with E-state index in [-0.39, 0.29) is 35.8 Å². The van der Waals surface area contributed by atoms with Gasteiger partial charge in [-0.05, 0) is 32.6 Å². The van der Waals surface area contributed by atoms with Crippen LogP contribution in [0.5, 0.6) is 0 Å². The molecule has 3 rings (SSSR count). The van der Waals surface area contributed by atoms with Crippen LogP contribution in [0, 0.1) is 12.8 Å². The van der Waals surface area contributed by atoms with Gasteiger partial charge in [-0.15, -0.1) is 24.0 Å². The van der Waals surface area contributed by atoms with Crippen molar-refractivity contribution in [3.8, 4) is 0 Å². The van der Waals surface area contributed by atoms with Crippen LogP contribution < -0.4 is 16.0 Å². The molecule has 2 aliphatic rings. The summed E-state index contributed by atoms with van der Waals surface area (Å²) < 4.78 is 4.97. The number of urea groups is 1. The molecule has 2 aliphatic heterocycles. The summed E-state index contributed by atoms with van der Waals surface area (Å²) in [6, 6.07) is -0.412. The zero-order valence-electron chi connectivity index (χ0n) is 15.7. The van der Waals surface area contributed by atoms with Crippen molar-refractivity contribution in [1.82, 2.24) is 31.0 Å². The number of carbonyl (C=O) groups excluding carboxylic acids is 2. The highest BCUT2D eigenvalue weighted by atomic mass is 127. The second-order valence-electron chi connectivity index (χ2n) is 6.77. The monoisotopic (exact) mass is 491 g/mol. The maximum atomic E-state index is 12.1. The van der Waals surface area contributed by atoms with Gasteiger partial charge in [-0.3, -0.25) is 10.1 Å². The third kappa shape index (κ3) is 4.68. The second-order valence-corrected chi connectivity index (χ2v) is 6.77. The smallest absolute Gasteiger partial charge is 0.322 e. The Hall–Kier alpha value is -1.92. The van der Waals surface area contributed by atoms with Crippen LogP contribution in [-0.4, -0.2) is 58.1 Å². The average Bonchev–Trinajstić information content (AvgIpc) is 3.14. The van der Waals surface area contributed by atoms with Gasteiger partial charge in [-0.25, -0.2) is 9.79 Å². The molecule has 1 aromatic rings. The summed E-state index contributed by atoms with van der Waals surface area (Å²) in [5.74, 6) is 1.71. The Balaban J connectivity index is 0.00000261. The quantitative estimate of drug-likeness (QED) is 0.246. The highest BCUT2D eigenvalue weighted by Crippen LogP contribution is 2.30. The van der Waals surface area contributed by atoms with E-state index in [0.29, 0.717) is 18.3 Å². The first-order valence-corrected chi connectivity index (χ1v) is 8.88. The largest absolute Gasteiger partial charge is 0.357 e. The Bertz CT molecular complexity index is 715. The maximum Gasteiger partial charge on any atom is 0.322 e. The number of nitrogens with zero attached hydrogens (tertiary/aromatic N) is 4. The molecule has 0 radical (unpaired) electrons. The Morgan fingerprint density at radius 1 is 1.41 bits per heavy atom. The van der Waals surface area contributed by atoms with Crippen LogP contribution >= 0.6 is 24.0 Å². The number of carbonyl (C=O) groups is 2. The summed E-state index contributed by atoms with van der Waals surface area (Å²) in [5, 5.41) is 12.3. The summed E-state index contributed by atoms with van der Waals surface area (Å²) in [5.41, 5.74) is -0.833. The van der Waals surface area contributed by atoms with Crippen LogP contribution in [0.4, 0.5) is 4.79 Å². The predicted octanol–water partition coefficient (Wildman–Crippen LogP) is 0.772. The Morgan fingerprint density at radius 3 is 2.63 bits per heavy atom. The first kappa shape index (κ1) is 21.4. The fraction of sp³-hybridized carbons (Fsp3) is 0.688. The topological polar surface area (TPSA) is 125 Å². The van der Waals surface area contributed by atoms with Gasteiger partial charge in [-0.2, -0.15) is 4.98 Å². The van der Waals surface area contributed by atoms with E-state index in [9.17, 15) is 9.59 Å². The number of halogens is 1. The third-order valence-corrected chi connectivity index (χ3v) is 4.96. The minimum Gasteiger partial charge on any atom is -0.357 e. The standard InChI is InChI=1S/C16H25N7O3.HI/c1-4-17-14(18-9-12-19-10(2)26-22-12)23-7-5-11(6-8-23)16(3)13(24)20-15(25)21-16;/h11H,4-9H2,1-3H3,(H,17,18)(H2,20,21,24,25);1H. The van der Waals surface area contributed by atoms with Gasteiger partial charge in [0.25, 0.3) is 5.91 Å². The number of aryl methyl sites for hydroxylation is 1. The van der Waals surface area contributed by atoms with Crippen LogP contribution in [0.2, 0.25) is 0 Å². The molecule has 3 N–H and O–H groups in total. The Labute approximate surface area is 174 Å². The molecule has 0 saturated carbocycles. The number of hydrogen-bond donors (Lipinski definition) is 3.